The summed E-state index contributed by atoms with van der Waals surface area (Å²) in [5, 5.41) is 3.12. The van der Waals surface area contributed by atoms with Crippen molar-refractivity contribution in [3.05, 3.63) is 6.33 Å². The number of hydrogen-bond acceptors (Lipinski definition) is 5. The molecular formula is C11H18N6. The van der Waals surface area contributed by atoms with Gasteiger partial charge in [-0.2, -0.15) is 9.97 Å². The average molecular weight is 234 g/mol. The summed E-state index contributed by atoms with van der Waals surface area (Å²) in [7, 11) is 2.03. The second kappa shape index (κ2) is 4.99. The molecule has 0 spiro atoms. The van der Waals surface area contributed by atoms with Crippen LogP contribution in [0.1, 0.15) is 20.3 Å². The number of nitrogens with one attached hydrogen (secondary N) is 2. The molecule has 0 saturated carbocycles. The maximum absolute atomic E-state index is 4.51. The van der Waals surface area contributed by atoms with Crippen LogP contribution >= 0.6 is 0 Å². The summed E-state index contributed by atoms with van der Waals surface area (Å²) < 4.78 is 0. The molecule has 0 aliphatic heterocycles. The van der Waals surface area contributed by atoms with Crippen molar-refractivity contribution in [3.8, 4) is 0 Å². The number of anilines is 2. The van der Waals surface area contributed by atoms with Crippen LogP contribution in [0.5, 0.6) is 0 Å². The second-order valence-corrected chi connectivity index (χ2v) is 3.92. The normalized spacial score (nSPS) is 10.8. The summed E-state index contributed by atoms with van der Waals surface area (Å²) in [6.45, 7) is 5.92. The molecule has 0 radical (unpaired) electrons. The standard InChI is InChI=1S/C11H18N6/c1-4-6-17(3)10-8-9(14-7-13-8)15-11(16-10)12-5-2/h7H,4-6H2,1-3H3,(H2,12,13,14,15,16). The topological polar surface area (TPSA) is 69.7 Å². The fourth-order valence-corrected chi connectivity index (χ4v) is 1.77. The summed E-state index contributed by atoms with van der Waals surface area (Å²) in [6.07, 6.45) is 2.73. The van der Waals surface area contributed by atoms with Crippen molar-refractivity contribution in [2.24, 2.45) is 0 Å². The molecule has 6 heteroatoms. The zero-order valence-electron chi connectivity index (χ0n) is 10.5. The first kappa shape index (κ1) is 11.6. The Hall–Kier alpha value is -1.85. The van der Waals surface area contributed by atoms with Gasteiger partial charge in [0.2, 0.25) is 5.95 Å². The second-order valence-electron chi connectivity index (χ2n) is 3.92. The largest absolute Gasteiger partial charge is 0.358 e. The van der Waals surface area contributed by atoms with Crippen LogP contribution in [0.3, 0.4) is 0 Å². The fraction of sp³-hybridized carbons (Fsp3) is 0.545. The molecular weight excluding hydrogens is 216 g/mol. The molecule has 0 aliphatic rings. The summed E-state index contributed by atoms with van der Waals surface area (Å²) in [4.78, 5) is 18.2. The van der Waals surface area contributed by atoms with E-state index in [-0.39, 0.29) is 0 Å². The highest BCUT2D eigenvalue weighted by Crippen LogP contribution is 2.21. The van der Waals surface area contributed by atoms with E-state index in [1.165, 1.54) is 0 Å². The molecule has 2 aromatic rings. The van der Waals surface area contributed by atoms with Crippen LogP contribution < -0.4 is 10.2 Å². The zero-order valence-corrected chi connectivity index (χ0v) is 10.5. The first-order valence-electron chi connectivity index (χ1n) is 5.92. The number of H-pyrrole nitrogens is 1. The lowest BCUT2D eigenvalue weighted by molar-refractivity contribution is 0.838. The lowest BCUT2D eigenvalue weighted by Crippen LogP contribution is -2.20. The van der Waals surface area contributed by atoms with Gasteiger partial charge in [0.05, 0.1) is 6.33 Å². The summed E-state index contributed by atoms with van der Waals surface area (Å²) in [5.41, 5.74) is 1.59. The first-order chi connectivity index (χ1) is 8.26. The predicted octanol–water partition coefficient (Wildman–Crippen LogP) is 1.63. The molecule has 2 rings (SSSR count). The Morgan fingerprint density at radius 2 is 2.18 bits per heavy atom. The smallest absolute Gasteiger partial charge is 0.226 e. The van der Waals surface area contributed by atoms with Crippen LogP contribution in [-0.2, 0) is 0 Å². The van der Waals surface area contributed by atoms with Gasteiger partial charge in [-0.15, -0.1) is 0 Å². The fourth-order valence-electron chi connectivity index (χ4n) is 1.77. The van der Waals surface area contributed by atoms with E-state index < -0.39 is 0 Å². The van der Waals surface area contributed by atoms with E-state index in [1.54, 1.807) is 6.33 Å². The van der Waals surface area contributed by atoms with Gasteiger partial charge in [0, 0.05) is 20.1 Å². The Morgan fingerprint density at radius 3 is 2.88 bits per heavy atom. The van der Waals surface area contributed by atoms with Crippen molar-refractivity contribution in [2.75, 3.05) is 30.4 Å². The van der Waals surface area contributed by atoms with E-state index in [1.807, 2.05) is 14.0 Å². The molecule has 0 atom stereocenters. The molecule has 0 amide bonds. The summed E-state index contributed by atoms with van der Waals surface area (Å²) in [6, 6.07) is 0. The first-order valence-corrected chi connectivity index (χ1v) is 5.92. The minimum Gasteiger partial charge on any atom is -0.358 e. The van der Waals surface area contributed by atoms with Crippen LogP contribution in [0.15, 0.2) is 6.33 Å². The quantitative estimate of drug-likeness (QED) is 0.823. The van der Waals surface area contributed by atoms with Gasteiger partial charge < -0.3 is 15.2 Å². The van der Waals surface area contributed by atoms with Crippen molar-refractivity contribution in [1.82, 2.24) is 19.9 Å². The third-order valence-corrected chi connectivity index (χ3v) is 2.52. The Kier molecular flexibility index (Phi) is 3.41. The van der Waals surface area contributed by atoms with Crippen LogP contribution in [0.4, 0.5) is 11.8 Å². The molecule has 0 unspecified atom stereocenters. The molecule has 0 fully saturated rings. The van der Waals surface area contributed by atoms with E-state index in [2.05, 4.69) is 37.1 Å². The van der Waals surface area contributed by atoms with Gasteiger partial charge in [0.1, 0.15) is 5.52 Å². The SMILES string of the molecule is CCCN(C)c1nc(NCC)nc2nc[nH]c12. The molecule has 17 heavy (non-hydrogen) atoms. The molecule has 0 aromatic carbocycles. The molecule has 0 bridgehead atoms. The van der Waals surface area contributed by atoms with Crippen molar-refractivity contribution in [3.63, 3.8) is 0 Å². The highest BCUT2D eigenvalue weighted by molar-refractivity contribution is 5.84. The number of hydrogen-bond donors (Lipinski definition) is 2. The molecule has 2 aromatic heterocycles. The van der Waals surface area contributed by atoms with Crippen molar-refractivity contribution in [1.29, 1.82) is 0 Å². The maximum Gasteiger partial charge on any atom is 0.226 e. The van der Waals surface area contributed by atoms with Gasteiger partial charge >= 0.3 is 0 Å². The lowest BCUT2D eigenvalue weighted by atomic mass is 10.4. The molecule has 2 heterocycles. The predicted molar refractivity (Wildman–Crippen MR) is 69.4 cm³/mol. The van der Waals surface area contributed by atoms with E-state index in [0.717, 1.165) is 30.8 Å². The van der Waals surface area contributed by atoms with Gasteiger partial charge in [-0.3, -0.25) is 0 Å². The van der Waals surface area contributed by atoms with Crippen LogP contribution in [0.2, 0.25) is 0 Å². The number of rotatable bonds is 5. The van der Waals surface area contributed by atoms with Crippen molar-refractivity contribution >= 4 is 22.9 Å². The van der Waals surface area contributed by atoms with E-state index in [9.17, 15) is 0 Å². The van der Waals surface area contributed by atoms with Gasteiger partial charge in [0.15, 0.2) is 11.5 Å². The van der Waals surface area contributed by atoms with Crippen molar-refractivity contribution in [2.45, 2.75) is 20.3 Å². The minimum atomic E-state index is 0.630. The van der Waals surface area contributed by atoms with E-state index in [4.69, 9.17) is 0 Å². The van der Waals surface area contributed by atoms with Gasteiger partial charge in [-0.1, -0.05) is 6.92 Å². The third-order valence-electron chi connectivity index (χ3n) is 2.52. The zero-order chi connectivity index (χ0) is 12.3. The van der Waals surface area contributed by atoms with Crippen LogP contribution in [0.25, 0.3) is 11.2 Å². The Bertz CT molecular complexity index is 492. The van der Waals surface area contributed by atoms with Gasteiger partial charge in [-0.25, -0.2) is 4.98 Å². The van der Waals surface area contributed by atoms with E-state index >= 15 is 0 Å². The third kappa shape index (κ3) is 2.30. The molecule has 0 aliphatic carbocycles. The summed E-state index contributed by atoms with van der Waals surface area (Å²) in [5.74, 6) is 1.52. The van der Waals surface area contributed by atoms with E-state index in [0.29, 0.717) is 11.6 Å². The average Bonchev–Trinajstić information content (AvgIpc) is 2.76. The molecule has 0 saturated heterocycles. The number of nitrogens with zero attached hydrogens (tertiary/aromatic N) is 4. The Labute approximate surface area is 100 Å². The number of fused-ring (bicyclic) bond motifs is 1. The lowest BCUT2D eigenvalue weighted by Gasteiger charge is -2.18. The van der Waals surface area contributed by atoms with Crippen LogP contribution in [-0.4, -0.2) is 40.1 Å². The van der Waals surface area contributed by atoms with Crippen LogP contribution in [0, 0.1) is 0 Å². The number of aromatic nitrogens is 4. The highest BCUT2D eigenvalue weighted by Gasteiger charge is 2.12. The molecule has 92 valence electrons. The maximum atomic E-state index is 4.51. The highest BCUT2D eigenvalue weighted by atomic mass is 15.2. The molecule has 2 N–H and O–H groups in total. The minimum absolute atomic E-state index is 0.630. The Morgan fingerprint density at radius 1 is 1.35 bits per heavy atom. The van der Waals surface area contributed by atoms with Gasteiger partial charge in [0.25, 0.3) is 0 Å². The number of aromatic amines is 1. The molecule has 6 nitrogen and oxygen atoms in total. The van der Waals surface area contributed by atoms with Gasteiger partial charge in [-0.05, 0) is 13.3 Å². The Balaban J connectivity index is 2.46. The van der Waals surface area contributed by atoms with Crippen molar-refractivity contribution < 1.29 is 0 Å². The number of imidazole rings is 1. The summed E-state index contributed by atoms with van der Waals surface area (Å²) >= 11 is 0. The monoisotopic (exact) mass is 234 g/mol.